The summed E-state index contributed by atoms with van der Waals surface area (Å²) in [7, 11) is 0. The number of aromatic nitrogens is 1. The van der Waals surface area contributed by atoms with Gasteiger partial charge in [-0.1, -0.05) is 6.08 Å². The molecule has 0 amide bonds. The van der Waals surface area contributed by atoms with Crippen LogP contribution in [0.3, 0.4) is 0 Å². The Morgan fingerprint density at radius 1 is 1.53 bits per heavy atom. The molecule has 0 aromatic carbocycles. The van der Waals surface area contributed by atoms with Crippen molar-refractivity contribution in [3.8, 4) is 6.07 Å². The molecule has 2 aliphatic rings. The van der Waals surface area contributed by atoms with Gasteiger partial charge in [-0.25, -0.2) is 4.98 Å². The number of nitriles is 1. The number of hydrogen-bond acceptors (Lipinski definition) is 3. The highest BCUT2D eigenvalue weighted by Gasteiger charge is 2.35. The molecule has 3 nitrogen and oxygen atoms in total. The Kier molecular flexibility index (Phi) is 2.73. The summed E-state index contributed by atoms with van der Waals surface area (Å²) in [6.45, 7) is 1.12. The van der Waals surface area contributed by atoms with Gasteiger partial charge in [0, 0.05) is 18.8 Å². The molecule has 1 saturated heterocycles. The molecule has 1 aliphatic carbocycles. The minimum Gasteiger partial charge on any atom is -0.309 e. The van der Waals surface area contributed by atoms with E-state index < -0.39 is 0 Å². The zero-order valence-electron chi connectivity index (χ0n) is 9.28. The molecular weight excluding hydrogens is 278 g/mol. The molecule has 1 aliphatic heterocycles. The van der Waals surface area contributed by atoms with E-state index in [2.05, 4.69) is 38.4 Å². The lowest BCUT2D eigenvalue weighted by Gasteiger charge is -2.42. The van der Waals surface area contributed by atoms with Crippen LogP contribution in [-0.2, 0) is 0 Å². The lowest BCUT2D eigenvalue weighted by Crippen LogP contribution is -2.54. The molecule has 0 radical (unpaired) electrons. The molecular formula is C13H12BrN3. The molecule has 86 valence electrons. The third-order valence-electron chi connectivity index (χ3n) is 3.60. The highest BCUT2D eigenvalue weighted by atomic mass is 79.9. The predicted molar refractivity (Wildman–Crippen MR) is 69.1 cm³/mol. The van der Waals surface area contributed by atoms with Crippen LogP contribution in [0.25, 0.3) is 5.57 Å². The lowest BCUT2D eigenvalue weighted by molar-refractivity contribution is 0.262. The first-order valence-electron chi connectivity index (χ1n) is 5.79. The van der Waals surface area contributed by atoms with E-state index in [1.54, 1.807) is 0 Å². The smallest absolute Gasteiger partial charge is 0.123 e. The van der Waals surface area contributed by atoms with E-state index >= 15 is 0 Å². The maximum atomic E-state index is 9.02. The summed E-state index contributed by atoms with van der Waals surface area (Å²) in [5.41, 5.74) is 2.99. The molecule has 0 spiro atoms. The van der Waals surface area contributed by atoms with Crippen LogP contribution in [-0.4, -0.2) is 17.6 Å². The molecule has 1 fully saturated rings. The summed E-state index contributed by atoms with van der Waals surface area (Å²) in [5.74, 6) is 0.768. The number of fused-ring (bicyclic) bond motifs is 1. The highest BCUT2D eigenvalue weighted by Crippen LogP contribution is 2.36. The molecule has 3 rings (SSSR count). The van der Waals surface area contributed by atoms with Gasteiger partial charge in [-0.05, 0) is 51.9 Å². The molecule has 1 aromatic rings. The van der Waals surface area contributed by atoms with E-state index in [0.29, 0.717) is 16.2 Å². The van der Waals surface area contributed by atoms with Crippen molar-refractivity contribution in [3.63, 3.8) is 0 Å². The van der Waals surface area contributed by atoms with Crippen LogP contribution in [0.15, 0.2) is 22.9 Å². The molecule has 2 heterocycles. The van der Waals surface area contributed by atoms with Gasteiger partial charge in [-0.2, -0.15) is 5.26 Å². The van der Waals surface area contributed by atoms with E-state index in [1.807, 2.05) is 12.3 Å². The zero-order valence-corrected chi connectivity index (χ0v) is 10.9. The standard InChI is InChI=1S/C13H12BrN3/c14-13-9(5-15)4-10(7-17-13)11-3-1-2-8-6-16-12(8)11/h3-4,7-8,12,16H,1-2,6H2/t8-,12+/m1/s1. The van der Waals surface area contributed by atoms with E-state index in [1.165, 1.54) is 12.0 Å². The Morgan fingerprint density at radius 2 is 2.41 bits per heavy atom. The van der Waals surface area contributed by atoms with Crippen LogP contribution in [0.2, 0.25) is 0 Å². The van der Waals surface area contributed by atoms with Crippen LogP contribution in [0.1, 0.15) is 24.0 Å². The monoisotopic (exact) mass is 289 g/mol. The number of rotatable bonds is 1. The fraction of sp³-hybridized carbons (Fsp3) is 0.385. The topological polar surface area (TPSA) is 48.7 Å². The van der Waals surface area contributed by atoms with Crippen molar-refractivity contribution in [1.82, 2.24) is 10.3 Å². The summed E-state index contributed by atoms with van der Waals surface area (Å²) in [4.78, 5) is 4.23. The first kappa shape index (κ1) is 10.9. The van der Waals surface area contributed by atoms with Crippen LogP contribution < -0.4 is 5.32 Å². The second-order valence-corrected chi connectivity index (χ2v) is 5.31. The summed E-state index contributed by atoms with van der Waals surface area (Å²) >= 11 is 3.29. The third kappa shape index (κ3) is 1.80. The van der Waals surface area contributed by atoms with Crippen molar-refractivity contribution < 1.29 is 0 Å². The summed E-state index contributed by atoms with van der Waals surface area (Å²) in [6.07, 6.45) is 6.53. The Morgan fingerprint density at radius 3 is 3.12 bits per heavy atom. The van der Waals surface area contributed by atoms with Gasteiger partial charge >= 0.3 is 0 Å². The normalized spacial score (nSPS) is 26.5. The molecule has 1 aromatic heterocycles. The van der Waals surface area contributed by atoms with E-state index in [0.717, 1.165) is 24.4 Å². The Bertz CT molecular complexity index is 530. The van der Waals surface area contributed by atoms with Crippen molar-refractivity contribution >= 4 is 21.5 Å². The SMILES string of the molecule is N#Cc1cc(C2=CCC[C@@H]3CN[C@H]23)cnc1Br. The number of hydrogen-bond donors (Lipinski definition) is 1. The van der Waals surface area contributed by atoms with Gasteiger partial charge in [0.1, 0.15) is 10.7 Å². The molecule has 0 unspecified atom stereocenters. The van der Waals surface area contributed by atoms with E-state index in [9.17, 15) is 0 Å². The molecule has 17 heavy (non-hydrogen) atoms. The largest absolute Gasteiger partial charge is 0.309 e. The van der Waals surface area contributed by atoms with Gasteiger partial charge in [-0.3, -0.25) is 0 Å². The Labute approximate surface area is 109 Å². The maximum absolute atomic E-state index is 9.02. The quantitative estimate of drug-likeness (QED) is 0.808. The second kappa shape index (κ2) is 4.25. The van der Waals surface area contributed by atoms with Crippen molar-refractivity contribution in [1.29, 1.82) is 5.26 Å². The van der Waals surface area contributed by atoms with Crippen molar-refractivity contribution in [2.45, 2.75) is 18.9 Å². The molecule has 4 heteroatoms. The minimum absolute atomic E-state index is 0.471. The predicted octanol–water partition coefficient (Wildman–Crippen LogP) is 2.48. The number of pyridine rings is 1. The average Bonchev–Trinajstić information content (AvgIpc) is 2.31. The van der Waals surface area contributed by atoms with Gasteiger partial charge in [0.2, 0.25) is 0 Å². The maximum Gasteiger partial charge on any atom is 0.123 e. The number of halogens is 1. The van der Waals surface area contributed by atoms with Gasteiger partial charge in [0.05, 0.1) is 5.56 Å². The summed E-state index contributed by atoms with van der Waals surface area (Å²) in [5, 5.41) is 12.5. The summed E-state index contributed by atoms with van der Waals surface area (Å²) in [6, 6.07) is 4.55. The van der Waals surface area contributed by atoms with Crippen molar-refractivity contribution in [2.24, 2.45) is 5.92 Å². The van der Waals surface area contributed by atoms with Crippen molar-refractivity contribution in [3.05, 3.63) is 34.1 Å². The van der Waals surface area contributed by atoms with Crippen molar-refractivity contribution in [2.75, 3.05) is 6.54 Å². The highest BCUT2D eigenvalue weighted by molar-refractivity contribution is 9.10. The Hall–Kier alpha value is -1.18. The van der Waals surface area contributed by atoms with E-state index in [4.69, 9.17) is 5.26 Å². The van der Waals surface area contributed by atoms with Gasteiger partial charge < -0.3 is 5.32 Å². The van der Waals surface area contributed by atoms with Gasteiger partial charge in [0.25, 0.3) is 0 Å². The van der Waals surface area contributed by atoms with Gasteiger partial charge in [0.15, 0.2) is 0 Å². The lowest BCUT2D eigenvalue weighted by atomic mass is 9.76. The molecule has 2 atom stereocenters. The van der Waals surface area contributed by atoms with Crippen LogP contribution in [0.4, 0.5) is 0 Å². The van der Waals surface area contributed by atoms with Crippen LogP contribution >= 0.6 is 15.9 Å². The second-order valence-electron chi connectivity index (χ2n) is 4.56. The minimum atomic E-state index is 0.471. The number of allylic oxidation sites excluding steroid dienone is 1. The molecule has 0 bridgehead atoms. The molecule has 1 N–H and O–H groups in total. The average molecular weight is 290 g/mol. The zero-order chi connectivity index (χ0) is 11.8. The van der Waals surface area contributed by atoms with Crippen LogP contribution in [0, 0.1) is 17.2 Å². The van der Waals surface area contributed by atoms with E-state index in [-0.39, 0.29) is 0 Å². The first-order chi connectivity index (χ1) is 8.29. The number of nitrogens with one attached hydrogen (secondary N) is 1. The molecule has 0 saturated carbocycles. The Balaban J connectivity index is 1.99. The first-order valence-corrected chi connectivity index (χ1v) is 6.58. The fourth-order valence-corrected chi connectivity index (χ4v) is 2.90. The van der Waals surface area contributed by atoms with Gasteiger partial charge in [-0.15, -0.1) is 0 Å². The number of nitrogens with zero attached hydrogens (tertiary/aromatic N) is 2. The van der Waals surface area contributed by atoms with Crippen LogP contribution in [0.5, 0.6) is 0 Å². The fourth-order valence-electron chi connectivity index (χ4n) is 2.60. The summed E-state index contributed by atoms with van der Waals surface area (Å²) < 4.78 is 0.623. The third-order valence-corrected chi connectivity index (χ3v) is 4.23.